The van der Waals surface area contributed by atoms with Gasteiger partial charge in [-0.25, -0.2) is 0 Å². The van der Waals surface area contributed by atoms with Crippen LogP contribution in [0.1, 0.15) is 25.6 Å². The molecule has 0 aliphatic heterocycles. The van der Waals surface area contributed by atoms with Gasteiger partial charge in [-0.3, -0.25) is 0 Å². The molecule has 6 heteroatoms. The van der Waals surface area contributed by atoms with Gasteiger partial charge in [0.1, 0.15) is 0 Å². The van der Waals surface area contributed by atoms with Crippen LogP contribution in [0.3, 0.4) is 0 Å². The number of rotatable bonds is 3. The number of aryl methyl sites for hydroxylation is 1. The lowest BCUT2D eigenvalue weighted by Gasteiger charge is -1.92. The molecule has 2 heterocycles. The summed E-state index contributed by atoms with van der Waals surface area (Å²) in [6, 6.07) is 0. The van der Waals surface area contributed by atoms with Gasteiger partial charge in [0.25, 0.3) is 0 Å². The van der Waals surface area contributed by atoms with Crippen molar-refractivity contribution in [3.8, 4) is 0 Å². The number of hydrogen-bond acceptors (Lipinski definition) is 5. The van der Waals surface area contributed by atoms with Crippen molar-refractivity contribution in [2.75, 3.05) is 5.73 Å². The van der Waals surface area contributed by atoms with Crippen LogP contribution in [-0.2, 0) is 6.42 Å². The third kappa shape index (κ3) is 1.49. The van der Waals surface area contributed by atoms with E-state index in [4.69, 9.17) is 5.73 Å². The molecule has 0 atom stereocenters. The van der Waals surface area contributed by atoms with E-state index in [0.717, 1.165) is 30.0 Å². The summed E-state index contributed by atoms with van der Waals surface area (Å²) < 4.78 is 1.73. The molecule has 0 fully saturated rings. The number of nitrogen functional groups attached to an aromatic ring is 1. The van der Waals surface area contributed by atoms with Crippen molar-refractivity contribution >= 4 is 21.4 Å². The molecule has 0 radical (unpaired) electrons. The van der Waals surface area contributed by atoms with E-state index in [9.17, 15) is 0 Å². The molecule has 0 saturated heterocycles. The number of nitrogens with zero attached hydrogens (tertiary/aromatic N) is 4. The summed E-state index contributed by atoms with van der Waals surface area (Å²) in [6.45, 7) is 2.15. The van der Waals surface area contributed by atoms with Gasteiger partial charge in [-0.1, -0.05) is 24.7 Å². The fraction of sp³-hybridized carbons (Fsp3) is 0.571. The summed E-state index contributed by atoms with van der Waals surface area (Å²) in [4.78, 5) is 0.781. The zero-order chi connectivity index (χ0) is 9.26. The fourth-order valence-electron chi connectivity index (χ4n) is 1.16. The summed E-state index contributed by atoms with van der Waals surface area (Å²) in [5, 5.41) is 12.7. The predicted molar refractivity (Wildman–Crippen MR) is 51.7 cm³/mol. The first-order valence-corrected chi connectivity index (χ1v) is 5.09. The molecule has 2 rings (SSSR count). The van der Waals surface area contributed by atoms with Crippen LogP contribution in [0, 0.1) is 0 Å². The lowest BCUT2D eigenvalue weighted by atomic mass is 10.2. The van der Waals surface area contributed by atoms with Crippen LogP contribution in [0.25, 0.3) is 4.96 Å². The van der Waals surface area contributed by atoms with Crippen molar-refractivity contribution in [1.29, 1.82) is 0 Å². The van der Waals surface area contributed by atoms with Gasteiger partial charge in [-0.15, -0.1) is 15.3 Å². The Labute approximate surface area is 79.6 Å². The maximum absolute atomic E-state index is 5.55. The predicted octanol–water partition coefficient (Wildman–Crippen LogP) is 1.11. The lowest BCUT2D eigenvalue weighted by molar-refractivity contribution is 0.723. The van der Waals surface area contributed by atoms with Crippen LogP contribution in [0.4, 0.5) is 5.13 Å². The third-order valence-electron chi connectivity index (χ3n) is 1.83. The first-order chi connectivity index (χ1) is 6.31. The van der Waals surface area contributed by atoms with Gasteiger partial charge in [-0.2, -0.15) is 4.52 Å². The Kier molecular flexibility index (Phi) is 2.13. The average Bonchev–Trinajstić information content (AvgIpc) is 2.61. The van der Waals surface area contributed by atoms with Gasteiger partial charge in [0.05, 0.1) is 0 Å². The summed E-state index contributed by atoms with van der Waals surface area (Å²) >= 11 is 1.36. The number of unbranched alkanes of at least 4 members (excludes halogenated alkanes) is 1. The molecule has 2 N–H and O–H groups in total. The largest absolute Gasteiger partial charge is 0.374 e. The molecule has 0 aliphatic rings. The SMILES string of the molecule is CCCCc1nnc2sc(N)nn12. The molecule has 5 nitrogen and oxygen atoms in total. The summed E-state index contributed by atoms with van der Waals surface area (Å²) in [6.07, 6.45) is 3.17. The summed E-state index contributed by atoms with van der Waals surface area (Å²) in [5.41, 5.74) is 5.55. The van der Waals surface area contributed by atoms with E-state index in [1.165, 1.54) is 11.3 Å². The number of nitrogens with two attached hydrogens (primary N) is 1. The van der Waals surface area contributed by atoms with Crippen LogP contribution in [0.15, 0.2) is 0 Å². The Morgan fingerprint density at radius 3 is 3.08 bits per heavy atom. The van der Waals surface area contributed by atoms with Crippen LogP contribution in [0.2, 0.25) is 0 Å². The number of anilines is 1. The van der Waals surface area contributed by atoms with Crippen molar-refractivity contribution in [3.63, 3.8) is 0 Å². The normalized spacial score (nSPS) is 11.2. The highest BCUT2D eigenvalue weighted by Crippen LogP contribution is 2.15. The van der Waals surface area contributed by atoms with Crippen LogP contribution < -0.4 is 5.73 Å². The maximum atomic E-state index is 5.55. The number of fused-ring (bicyclic) bond motifs is 1. The second kappa shape index (κ2) is 3.29. The molecule has 70 valence electrons. The molecule has 0 amide bonds. The molecule has 2 aromatic heterocycles. The Balaban J connectivity index is 2.33. The van der Waals surface area contributed by atoms with Crippen LogP contribution in [-0.4, -0.2) is 19.8 Å². The molecule has 0 unspecified atom stereocenters. The van der Waals surface area contributed by atoms with Crippen LogP contribution in [0.5, 0.6) is 0 Å². The fourth-order valence-corrected chi connectivity index (χ4v) is 1.79. The van der Waals surface area contributed by atoms with E-state index in [0.29, 0.717) is 5.13 Å². The standard InChI is InChI=1S/C7H11N5S/c1-2-3-4-5-9-10-7-12(5)11-6(8)13-7/h2-4H2,1H3,(H2,8,11). The smallest absolute Gasteiger partial charge is 0.236 e. The van der Waals surface area contributed by atoms with E-state index < -0.39 is 0 Å². The van der Waals surface area contributed by atoms with Gasteiger partial charge in [0, 0.05) is 6.42 Å². The van der Waals surface area contributed by atoms with Crippen LogP contribution >= 0.6 is 11.3 Å². The summed E-state index contributed by atoms with van der Waals surface area (Å²) in [5.74, 6) is 0.907. The highest BCUT2D eigenvalue weighted by Gasteiger charge is 2.08. The Morgan fingerprint density at radius 2 is 2.31 bits per heavy atom. The highest BCUT2D eigenvalue weighted by molar-refractivity contribution is 7.20. The minimum absolute atomic E-state index is 0.544. The van der Waals surface area contributed by atoms with Crippen molar-refractivity contribution in [2.24, 2.45) is 0 Å². The van der Waals surface area contributed by atoms with E-state index in [1.54, 1.807) is 4.52 Å². The second-order valence-electron chi connectivity index (χ2n) is 2.85. The molecule has 2 aromatic rings. The van der Waals surface area contributed by atoms with Gasteiger partial charge < -0.3 is 5.73 Å². The molecule has 0 aliphatic carbocycles. The molecule has 0 aromatic carbocycles. The van der Waals surface area contributed by atoms with Crippen molar-refractivity contribution < 1.29 is 0 Å². The minimum Gasteiger partial charge on any atom is -0.374 e. The molecular weight excluding hydrogens is 186 g/mol. The molecule has 0 saturated carbocycles. The zero-order valence-corrected chi connectivity index (χ0v) is 8.21. The molecular formula is C7H11N5S. The number of hydrogen-bond donors (Lipinski definition) is 1. The van der Waals surface area contributed by atoms with E-state index >= 15 is 0 Å². The highest BCUT2D eigenvalue weighted by atomic mass is 32.1. The van der Waals surface area contributed by atoms with Crippen molar-refractivity contribution in [3.05, 3.63) is 5.82 Å². The first kappa shape index (κ1) is 8.43. The van der Waals surface area contributed by atoms with Gasteiger partial charge in [-0.05, 0) is 6.42 Å². The van der Waals surface area contributed by atoms with E-state index in [-0.39, 0.29) is 0 Å². The molecule has 0 bridgehead atoms. The molecule has 13 heavy (non-hydrogen) atoms. The van der Waals surface area contributed by atoms with Gasteiger partial charge >= 0.3 is 0 Å². The van der Waals surface area contributed by atoms with Crippen molar-refractivity contribution in [1.82, 2.24) is 19.8 Å². The topological polar surface area (TPSA) is 69.1 Å². The minimum atomic E-state index is 0.544. The molecule has 0 spiro atoms. The Hall–Kier alpha value is -1.17. The zero-order valence-electron chi connectivity index (χ0n) is 7.40. The maximum Gasteiger partial charge on any atom is 0.236 e. The van der Waals surface area contributed by atoms with E-state index in [2.05, 4.69) is 22.2 Å². The quantitative estimate of drug-likeness (QED) is 0.800. The van der Waals surface area contributed by atoms with E-state index in [1.807, 2.05) is 0 Å². The lowest BCUT2D eigenvalue weighted by Crippen LogP contribution is -1.96. The monoisotopic (exact) mass is 197 g/mol. The first-order valence-electron chi connectivity index (χ1n) is 4.28. The number of aromatic nitrogens is 4. The summed E-state index contributed by atoms with van der Waals surface area (Å²) in [7, 11) is 0. The van der Waals surface area contributed by atoms with Gasteiger partial charge in [0.15, 0.2) is 5.82 Å². The average molecular weight is 197 g/mol. The van der Waals surface area contributed by atoms with Gasteiger partial charge in [0.2, 0.25) is 10.1 Å². The Morgan fingerprint density at radius 1 is 1.46 bits per heavy atom. The van der Waals surface area contributed by atoms with Crippen molar-refractivity contribution in [2.45, 2.75) is 26.2 Å². The Bertz CT molecular complexity index is 404. The second-order valence-corrected chi connectivity index (χ2v) is 3.84. The third-order valence-corrected chi connectivity index (χ3v) is 2.55.